The van der Waals surface area contributed by atoms with Gasteiger partial charge < -0.3 is 0 Å². The van der Waals surface area contributed by atoms with Crippen molar-refractivity contribution in [2.45, 2.75) is 32.6 Å². The maximum atomic E-state index is 9.05. The molecule has 0 spiro atoms. The van der Waals surface area contributed by atoms with E-state index in [1.54, 1.807) is 0 Å². The van der Waals surface area contributed by atoms with Crippen LogP contribution in [0, 0.1) is 11.3 Å². The summed E-state index contributed by atoms with van der Waals surface area (Å²) in [5.41, 5.74) is 4.63. The van der Waals surface area contributed by atoms with E-state index in [2.05, 4.69) is 38.1 Å². The second-order valence-corrected chi connectivity index (χ2v) is 4.34. The minimum Gasteiger partial charge on any atom is -0.192 e. The first-order valence-corrected chi connectivity index (χ1v) is 5.46. The lowest BCUT2D eigenvalue weighted by Crippen LogP contribution is -2.00. The first-order chi connectivity index (χ1) is 7.22. The molecule has 1 nitrogen and oxygen atoms in total. The van der Waals surface area contributed by atoms with Crippen molar-refractivity contribution in [2.24, 2.45) is 0 Å². The largest absolute Gasteiger partial charge is 0.192 e. The Morgan fingerprint density at radius 2 is 2.13 bits per heavy atom. The quantitative estimate of drug-likeness (QED) is 0.674. The van der Waals surface area contributed by atoms with Crippen molar-refractivity contribution >= 4 is 5.57 Å². The summed E-state index contributed by atoms with van der Waals surface area (Å²) in [6.45, 7) is 4.36. The van der Waals surface area contributed by atoms with Gasteiger partial charge in [0.25, 0.3) is 0 Å². The molecule has 0 heterocycles. The first-order valence-electron chi connectivity index (χ1n) is 5.46. The Hall–Kier alpha value is -1.55. The van der Waals surface area contributed by atoms with Crippen LogP contribution in [-0.4, -0.2) is 0 Å². The number of fused-ring (bicyclic) bond motifs is 1. The zero-order valence-electron chi connectivity index (χ0n) is 9.25. The molecule has 0 unspecified atom stereocenters. The molecule has 1 aliphatic carbocycles. The van der Waals surface area contributed by atoms with Gasteiger partial charge in [0.2, 0.25) is 0 Å². The molecule has 1 heteroatoms. The molecule has 0 saturated heterocycles. The molecule has 15 heavy (non-hydrogen) atoms. The van der Waals surface area contributed by atoms with E-state index >= 15 is 0 Å². The van der Waals surface area contributed by atoms with Crippen LogP contribution in [0.3, 0.4) is 0 Å². The summed E-state index contributed by atoms with van der Waals surface area (Å²) in [7, 11) is 0. The third kappa shape index (κ3) is 1.80. The fourth-order valence-electron chi connectivity index (χ4n) is 2.01. The third-order valence-corrected chi connectivity index (χ3v) is 2.97. The normalized spacial score (nSPS) is 14.4. The summed E-state index contributed by atoms with van der Waals surface area (Å²) in [6, 6.07) is 8.82. The van der Waals surface area contributed by atoms with E-state index in [0.717, 1.165) is 24.0 Å². The number of nitriles is 1. The van der Waals surface area contributed by atoms with Crippen LogP contribution in [0.2, 0.25) is 0 Å². The van der Waals surface area contributed by atoms with Gasteiger partial charge in [-0.1, -0.05) is 32.1 Å². The highest BCUT2D eigenvalue weighted by Crippen LogP contribution is 2.28. The molecule has 1 aromatic rings. The Kier molecular flexibility index (Phi) is 2.60. The summed E-state index contributed by atoms with van der Waals surface area (Å²) >= 11 is 0. The highest BCUT2D eigenvalue weighted by atomic mass is 14.3. The smallest absolute Gasteiger partial charge is 0.0994 e. The standard InChI is InChI=1S/C14H15N/c1-10(2)12-7-6-11-4-3-5-13(9-15)14(11)8-12/h5-8,10H,3-4H2,1-2H3. The van der Waals surface area contributed by atoms with E-state index in [0.29, 0.717) is 5.92 Å². The summed E-state index contributed by atoms with van der Waals surface area (Å²) < 4.78 is 0. The summed E-state index contributed by atoms with van der Waals surface area (Å²) in [6.07, 6.45) is 4.11. The number of hydrogen-bond donors (Lipinski definition) is 0. The molecule has 2 rings (SSSR count). The van der Waals surface area contributed by atoms with Gasteiger partial charge in [-0.15, -0.1) is 0 Å². The molecule has 0 bridgehead atoms. The summed E-state index contributed by atoms with van der Waals surface area (Å²) in [5.74, 6) is 0.525. The number of benzene rings is 1. The Labute approximate surface area is 91.0 Å². The van der Waals surface area contributed by atoms with Crippen molar-refractivity contribution in [2.75, 3.05) is 0 Å². The fourth-order valence-corrected chi connectivity index (χ4v) is 2.01. The van der Waals surface area contributed by atoms with Gasteiger partial charge in [0.15, 0.2) is 0 Å². The van der Waals surface area contributed by atoms with Gasteiger partial charge in [0, 0.05) is 0 Å². The number of rotatable bonds is 1. The van der Waals surface area contributed by atoms with Crippen molar-refractivity contribution in [3.8, 4) is 6.07 Å². The first kappa shape index (κ1) is 9.98. The van der Waals surface area contributed by atoms with Crippen molar-refractivity contribution in [3.63, 3.8) is 0 Å². The second-order valence-electron chi connectivity index (χ2n) is 4.34. The van der Waals surface area contributed by atoms with Gasteiger partial charge in [0.1, 0.15) is 0 Å². The Morgan fingerprint density at radius 1 is 1.33 bits per heavy atom. The van der Waals surface area contributed by atoms with Gasteiger partial charge in [-0.2, -0.15) is 5.26 Å². The molecule has 1 aromatic carbocycles. The lowest BCUT2D eigenvalue weighted by Gasteiger charge is -2.16. The van der Waals surface area contributed by atoms with Crippen LogP contribution < -0.4 is 0 Å². The molecule has 1 aliphatic rings. The monoisotopic (exact) mass is 197 g/mol. The third-order valence-electron chi connectivity index (χ3n) is 2.97. The second kappa shape index (κ2) is 3.90. The van der Waals surface area contributed by atoms with Crippen LogP contribution in [0.4, 0.5) is 0 Å². The predicted octanol–water partition coefficient (Wildman–Crippen LogP) is 3.66. The maximum Gasteiger partial charge on any atom is 0.0994 e. The minimum atomic E-state index is 0.525. The zero-order valence-corrected chi connectivity index (χ0v) is 9.25. The molecule has 76 valence electrons. The molecule has 0 radical (unpaired) electrons. The van der Waals surface area contributed by atoms with Gasteiger partial charge in [-0.3, -0.25) is 0 Å². The van der Waals surface area contributed by atoms with Gasteiger partial charge in [-0.05, 0) is 41.5 Å². The fraction of sp³-hybridized carbons (Fsp3) is 0.357. The van der Waals surface area contributed by atoms with E-state index in [-0.39, 0.29) is 0 Å². The minimum absolute atomic E-state index is 0.525. The van der Waals surface area contributed by atoms with Gasteiger partial charge in [-0.25, -0.2) is 0 Å². The molecule has 0 amide bonds. The van der Waals surface area contributed by atoms with Crippen molar-refractivity contribution in [1.29, 1.82) is 5.26 Å². The molecule has 0 saturated carbocycles. The molecule has 0 fully saturated rings. The van der Waals surface area contributed by atoms with E-state index in [9.17, 15) is 0 Å². The topological polar surface area (TPSA) is 23.8 Å². The molecule has 0 atom stereocenters. The van der Waals surface area contributed by atoms with Crippen LogP contribution in [0.1, 0.15) is 42.9 Å². The Morgan fingerprint density at radius 3 is 2.80 bits per heavy atom. The number of nitrogens with zero attached hydrogens (tertiary/aromatic N) is 1. The number of hydrogen-bond acceptors (Lipinski definition) is 1. The van der Waals surface area contributed by atoms with Crippen molar-refractivity contribution in [3.05, 3.63) is 41.0 Å². The number of allylic oxidation sites excluding steroid dienone is 2. The molecular formula is C14H15N. The average Bonchev–Trinajstić information content (AvgIpc) is 2.27. The predicted molar refractivity (Wildman–Crippen MR) is 62.4 cm³/mol. The van der Waals surface area contributed by atoms with Crippen LogP contribution in [0.15, 0.2) is 24.3 Å². The maximum absolute atomic E-state index is 9.05. The van der Waals surface area contributed by atoms with Crippen molar-refractivity contribution in [1.82, 2.24) is 0 Å². The SMILES string of the molecule is CC(C)c1ccc2c(c1)C(C#N)=CCC2. The molecule has 0 N–H and O–H groups in total. The Balaban J connectivity index is 2.52. The summed E-state index contributed by atoms with van der Waals surface area (Å²) in [4.78, 5) is 0. The zero-order chi connectivity index (χ0) is 10.8. The van der Waals surface area contributed by atoms with Gasteiger partial charge >= 0.3 is 0 Å². The highest BCUT2D eigenvalue weighted by molar-refractivity contribution is 5.80. The van der Waals surface area contributed by atoms with Crippen molar-refractivity contribution < 1.29 is 0 Å². The van der Waals surface area contributed by atoms with Crippen LogP contribution in [-0.2, 0) is 6.42 Å². The van der Waals surface area contributed by atoms with E-state index in [1.165, 1.54) is 11.1 Å². The summed E-state index contributed by atoms with van der Waals surface area (Å²) in [5, 5.41) is 9.05. The van der Waals surface area contributed by atoms with Gasteiger partial charge in [0.05, 0.1) is 11.6 Å². The highest BCUT2D eigenvalue weighted by Gasteiger charge is 2.13. The molecular weight excluding hydrogens is 182 g/mol. The number of aryl methyl sites for hydroxylation is 1. The van der Waals surface area contributed by atoms with Crippen LogP contribution >= 0.6 is 0 Å². The molecule has 0 aromatic heterocycles. The molecule has 0 aliphatic heterocycles. The van der Waals surface area contributed by atoms with Crippen LogP contribution in [0.5, 0.6) is 0 Å². The lowest BCUT2D eigenvalue weighted by molar-refractivity contribution is 0.861. The van der Waals surface area contributed by atoms with E-state index < -0.39 is 0 Å². The van der Waals surface area contributed by atoms with E-state index in [1.807, 2.05) is 6.08 Å². The van der Waals surface area contributed by atoms with Crippen LogP contribution in [0.25, 0.3) is 5.57 Å². The Bertz CT molecular complexity index is 447. The average molecular weight is 197 g/mol. The lowest BCUT2D eigenvalue weighted by atomic mass is 9.88. The van der Waals surface area contributed by atoms with E-state index in [4.69, 9.17) is 5.26 Å².